The molecule has 0 spiro atoms. The Kier molecular flexibility index (Phi) is 4.20. The number of halogens is 1. The number of nitrogens with zero attached hydrogens (tertiary/aromatic N) is 2. The van der Waals surface area contributed by atoms with Gasteiger partial charge < -0.3 is 10.5 Å². The van der Waals surface area contributed by atoms with Crippen LogP contribution in [0.1, 0.15) is 23.9 Å². The predicted molar refractivity (Wildman–Crippen MR) is 83.9 cm³/mol. The molecule has 0 aliphatic rings. The Bertz CT molecular complexity index is 620. The highest BCUT2D eigenvalue weighted by molar-refractivity contribution is 9.10. The Morgan fingerprint density at radius 3 is 2.60 bits per heavy atom. The van der Waals surface area contributed by atoms with Crippen LogP contribution in [0.3, 0.4) is 0 Å². The van der Waals surface area contributed by atoms with Crippen LogP contribution in [0.15, 0.2) is 28.7 Å². The lowest BCUT2D eigenvalue weighted by molar-refractivity contribution is 0.383. The highest BCUT2D eigenvalue weighted by atomic mass is 79.9. The smallest absolute Gasteiger partial charge is 0.123 e. The molecule has 0 aliphatic heterocycles. The van der Waals surface area contributed by atoms with Gasteiger partial charge in [-0.2, -0.15) is 5.10 Å². The van der Waals surface area contributed by atoms with Crippen molar-refractivity contribution >= 4 is 15.9 Å². The first-order chi connectivity index (χ1) is 9.36. The van der Waals surface area contributed by atoms with Gasteiger partial charge in [0.1, 0.15) is 5.75 Å². The second kappa shape index (κ2) is 5.58. The van der Waals surface area contributed by atoms with E-state index in [-0.39, 0.29) is 0 Å². The minimum atomic E-state index is -0.532. The first-order valence-electron chi connectivity index (χ1n) is 6.47. The number of hydrogen-bond acceptors (Lipinski definition) is 3. The fourth-order valence-electron chi connectivity index (χ4n) is 2.43. The van der Waals surface area contributed by atoms with Gasteiger partial charge in [0.05, 0.1) is 23.0 Å². The second-order valence-electron chi connectivity index (χ2n) is 5.26. The number of para-hydroxylation sites is 1. The molecule has 0 amide bonds. The van der Waals surface area contributed by atoms with Crippen molar-refractivity contribution in [2.45, 2.75) is 25.8 Å². The molecule has 0 radical (unpaired) electrons. The van der Waals surface area contributed by atoms with Crippen LogP contribution in [0.2, 0.25) is 0 Å². The molecule has 1 unspecified atom stereocenters. The number of methoxy groups -OCH3 is 1. The fourth-order valence-corrected chi connectivity index (χ4v) is 2.91. The summed E-state index contributed by atoms with van der Waals surface area (Å²) < 4.78 is 8.32. The lowest BCUT2D eigenvalue weighted by atomic mass is 9.87. The molecule has 5 heteroatoms. The zero-order valence-corrected chi connectivity index (χ0v) is 13.9. The highest BCUT2D eigenvalue weighted by Crippen LogP contribution is 2.33. The summed E-state index contributed by atoms with van der Waals surface area (Å²) >= 11 is 3.59. The van der Waals surface area contributed by atoms with Crippen molar-refractivity contribution in [3.63, 3.8) is 0 Å². The molecule has 20 heavy (non-hydrogen) atoms. The normalized spacial score (nSPS) is 14.1. The number of ether oxygens (including phenoxy) is 1. The van der Waals surface area contributed by atoms with Gasteiger partial charge in [-0.1, -0.05) is 18.2 Å². The molecule has 1 atom stereocenters. The van der Waals surface area contributed by atoms with Gasteiger partial charge in [0, 0.05) is 24.6 Å². The lowest BCUT2D eigenvalue weighted by Gasteiger charge is -2.27. The van der Waals surface area contributed by atoms with Crippen molar-refractivity contribution in [3.05, 3.63) is 45.7 Å². The van der Waals surface area contributed by atoms with E-state index in [9.17, 15) is 0 Å². The molecule has 0 saturated carbocycles. The summed E-state index contributed by atoms with van der Waals surface area (Å²) in [4.78, 5) is 0. The Labute approximate surface area is 128 Å². The summed E-state index contributed by atoms with van der Waals surface area (Å²) in [5.41, 5.74) is 9.07. The average molecular weight is 338 g/mol. The van der Waals surface area contributed by atoms with Gasteiger partial charge in [0.15, 0.2) is 0 Å². The molecule has 108 valence electrons. The number of rotatable bonds is 4. The van der Waals surface area contributed by atoms with Gasteiger partial charge >= 0.3 is 0 Å². The Morgan fingerprint density at radius 2 is 2.05 bits per heavy atom. The third kappa shape index (κ3) is 2.74. The monoisotopic (exact) mass is 337 g/mol. The third-order valence-corrected chi connectivity index (χ3v) is 4.55. The Morgan fingerprint density at radius 1 is 1.40 bits per heavy atom. The van der Waals surface area contributed by atoms with E-state index in [1.54, 1.807) is 7.11 Å². The Balaban J connectivity index is 2.40. The fraction of sp³-hybridized carbons (Fsp3) is 0.400. The van der Waals surface area contributed by atoms with Crippen LogP contribution in [0, 0.1) is 6.92 Å². The van der Waals surface area contributed by atoms with E-state index in [4.69, 9.17) is 10.5 Å². The van der Waals surface area contributed by atoms with Gasteiger partial charge in [-0.25, -0.2) is 0 Å². The maximum Gasteiger partial charge on any atom is 0.123 e. The van der Waals surface area contributed by atoms with Crippen LogP contribution in [0.4, 0.5) is 0 Å². The van der Waals surface area contributed by atoms with E-state index >= 15 is 0 Å². The van der Waals surface area contributed by atoms with Crippen molar-refractivity contribution < 1.29 is 4.74 Å². The molecular weight excluding hydrogens is 318 g/mol. The van der Waals surface area contributed by atoms with Crippen molar-refractivity contribution in [2.24, 2.45) is 12.8 Å². The lowest BCUT2D eigenvalue weighted by Crippen LogP contribution is -2.36. The van der Waals surface area contributed by atoms with E-state index in [2.05, 4.69) is 21.0 Å². The molecule has 1 aromatic heterocycles. The van der Waals surface area contributed by atoms with Crippen LogP contribution < -0.4 is 10.5 Å². The second-order valence-corrected chi connectivity index (χ2v) is 6.06. The standard InChI is InChI=1S/C15H20BrN3O/c1-10-14(16)12(19(3)18-10)9-15(2,17)11-7-5-6-8-13(11)20-4/h5-8H,9,17H2,1-4H3. The van der Waals surface area contributed by atoms with Gasteiger partial charge in [-0.3, -0.25) is 4.68 Å². The van der Waals surface area contributed by atoms with Gasteiger partial charge in [-0.15, -0.1) is 0 Å². The maximum atomic E-state index is 6.55. The summed E-state index contributed by atoms with van der Waals surface area (Å²) in [5, 5.41) is 4.41. The molecule has 2 N–H and O–H groups in total. The van der Waals surface area contributed by atoms with E-state index in [1.807, 2.05) is 49.8 Å². The average Bonchev–Trinajstić information content (AvgIpc) is 2.65. The largest absolute Gasteiger partial charge is 0.496 e. The van der Waals surface area contributed by atoms with Crippen molar-refractivity contribution in [1.82, 2.24) is 9.78 Å². The van der Waals surface area contributed by atoms with Gasteiger partial charge in [-0.05, 0) is 35.8 Å². The number of nitrogens with two attached hydrogens (primary N) is 1. The number of benzene rings is 1. The highest BCUT2D eigenvalue weighted by Gasteiger charge is 2.28. The van der Waals surface area contributed by atoms with Crippen LogP contribution in [0.25, 0.3) is 0 Å². The first-order valence-corrected chi connectivity index (χ1v) is 7.26. The van der Waals surface area contributed by atoms with Crippen LogP contribution in [0.5, 0.6) is 5.75 Å². The number of aryl methyl sites for hydroxylation is 2. The molecule has 2 rings (SSSR count). The number of aromatic nitrogens is 2. The molecule has 2 aromatic rings. The summed E-state index contributed by atoms with van der Waals surface area (Å²) in [6.45, 7) is 3.99. The minimum absolute atomic E-state index is 0.532. The summed E-state index contributed by atoms with van der Waals surface area (Å²) in [5.74, 6) is 0.813. The molecule has 0 bridgehead atoms. The Hall–Kier alpha value is -1.33. The van der Waals surface area contributed by atoms with Gasteiger partial charge in [0.25, 0.3) is 0 Å². The summed E-state index contributed by atoms with van der Waals surface area (Å²) in [7, 11) is 3.60. The molecular formula is C15H20BrN3O. The predicted octanol–water partition coefficient (Wildman–Crippen LogP) is 2.92. The van der Waals surface area contributed by atoms with E-state index < -0.39 is 5.54 Å². The minimum Gasteiger partial charge on any atom is -0.496 e. The van der Waals surface area contributed by atoms with Crippen molar-refractivity contribution in [2.75, 3.05) is 7.11 Å². The summed E-state index contributed by atoms with van der Waals surface area (Å²) in [6, 6.07) is 7.87. The number of hydrogen-bond donors (Lipinski definition) is 1. The van der Waals surface area contributed by atoms with Crippen LogP contribution in [-0.4, -0.2) is 16.9 Å². The zero-order valence-electron chi connectivity index (χ0n) is 12.3. The molecule has 0 fully saturated rings. The van der Waals surface area contributed by atoms with Gasteiger partial charge in [0.2, 0.25) is 0 Å². The maximum absolute atomic E-state index is 6.55. The van der Waals surface area contributed by atoms with Crippen molar-refractivity contribution in [3.8, 4) is 5.75 Å². The molecule has 4 nitrogen and oxygen atoms in total. The molecule has 0 aliphatic carbocycles. The quantitative estimate of drug-likeness (QED) is 0.933. The summed E-state index contributed by atoms with van der Waals surface area (Å²) in [6.07, 6.45) is 0.672. The van der Waals surface area contributed by atoms with E-state index in [1.165, 1.54) is 0 Å². The molecule has 0 saturated heterocycles. The van der Waals surface area contributed by atoms with E-state index in [0.717, 1.165) is 27.2 Å². The first kappa shape index (κ1) is 15.1. The van der Waals surface area contributed by atoms with Crippen molar-refractivity contribution in [1.29, 1.82) is 0 Å². The SMILES string of the molecule is COc1ccccc1C(C)(N)Cc1c(Br)c(C)nn1C. The molecule has 1 heterocycles. The molecule has 1 aromatic carbocycles. The van der Waals surface area contributed by atoms with E-state index in [0.29, 0.717) is 6.42 Å². The topological polar surface area (TPSA) is 53.1 Å². The zero-order chi connectivity index (χ0) is 14.9. The van der Waals surface area contributed by atoms with Crippen LogP contribution in [-0.2, 0) is 19.0 Å². The third-order valence-electron chi connectivity index (χ3n) is 3.52. The van der Waals surface area contributed by atoms with Crippen LogP contribution >= 0.6 is 15.9 Å².